The lowest BCUT2D eigenvalue weighted by atomic mass is 10.0. The summed E-state index contributed by atoms with van der Waals surface area (Å²) < 4.78 is 0. The first-order chi connectivity index (χ1) is 6.77. The second-order valence-electron chi connectivity index (χ2n) is 3.42. The second kappa shape index (κ2) is 6.02. The lowest BCUT2D eigenvalue weighted by Crippen LogP contribution is -2.27. The van der Waals surface area contributed by atoms with Crippen molar-refractivity contribution in [1.82, 2.24) is 5.43 Å². The highest BCUT2D eigenvalue weighted by Gasteiger charge is 2.08. The predicted molar refractivity (Wildman–Crippen MR) is 61.0 cm³/mol. The molecule has 0 spiro atoms. The zero-order valence-corrected chi connectivity index (χ0v) is 9.22. The van der Waals surface area contributed by atoms with Gasteiger partial charge in [0, 0.05) is 11.1 Å². The molecule has 0 fully saturated rings. The Kier molecular flexibility index (Phi) is 4.94. The van der Waals surface area contributed by atoms with Gasteiger partial charge in [0.05, 0.1) is 0 Å². The molecule has 0 radical (unpaired) electrons. The van der Waals surface area contributed by atoms with Crippen molar-refractivity contribution in [3.05, 3.63) is 34.9 Å². The normalized spacial score (nSPS) is 12.8. The third-order valence-electron chi connectivity index (χ3n) is 2.30. The Morgan fingerprint density at radius 3 is 2.86 bits per heavy atom. The van der Waals surface area contributed by atoms with Crippen molar-refractivity contribution in [1.29, 1.82) is 0 Å². The number of nitrogens with one attached hydrogen (secondary N) is 1. The second-order valence-corrected chi connectivity index (χ2v) is 3.85. The van der Waals surface area contributed by atoms with Crippen LogP contribution in [0.2, 0.25) is 5.02 Å². The van der Waals surface area contributed by atoms with Gasteiger partial charge < -0.3 is 0 Å². The molecule has 0 aliphatic heterocycles. The van der Waals surface area contributed by atoms with Crippen LogP contribution in [0.25, 0.3) is 0 Å². The highest BCUT2D eigenvalue weighted by atomic mass is 35.5. The predicted octanol–water partition coefficient (Wildman–Crippen LogP) is 3.03. The van der Waals surface area contributed by atoms with Crippen LogP contribution < -0.4 is 11.3 Å². The maximum atomic E-state index is 5.91. The van der Waals surface area contributed by atoms with E-state index in [1.165, 1.54) is 12.8 Å². The van der Waals surface area contributed by atoms with Crippen LogP contribution in [0, 0.1) is 0 Å². The minimum Gasteiger partial charge on any atom is -0.271 e. The minimum atomic E-state index is 0.216. The Labute approximate surface area is 90.4 Å². The fourth-order valence-electron chi connectivity index (χ4n) is 1.48. The first-order valence-electron chi connectivity index (χ1n) is 4.99. The maximum Gasteiger partial charge on any atom is 0.0460 e. The van der Waals surface area contributed by atoms with Gasteiger partial charge in [0.25, 0.3) is 0 Å². The van der Waals surface area contributed by atoms with Crippen LogP contribution in [-0.4, -0.2) is 0 Å². The molecule has 1 atom stereocenters. The van der Waals surface area contributed by atoms with Crippen molar-refractivity contribution in [3.63, 3.8) is 0 Å². The number of hydrogen-bond acceptors (Lipinski definition) is 2. The van der Waals surface area contributed by atoms with Gasteiger partial charge in [-0.05, 0) is 24.1 Å². The third kappa shape index (κ3) is 3.29. The smallest absolute Gasteiger partial charge is 0.0460 e. The van der Waals surface area contributed by atoms with Gasteiger partial charge in [0.15, 0.2) is 0 Å². The van der Waals surface area contributed by atoms with Crippen molar-refractivity contribution in [2.45, 2.75) is 32.2 Å². The molecule has 3 heteroatoms. The summed E-state index contributed by atoms with van der Waals surface area (Å²) in [7, 11) is 0. The molecular weight excluding hydrogens is 196 g/mol. The largest absolute Gasteiger partial charge is 0.271 e. The van der Waals surface area contributed by atoms with Gasteiger partial charge in [-0.2, -0.15) is 0 Å². The molecule has 1 unspecified atom stereocenters. The zero-order chi connectivity index (χ0) is 10.4. The average molecular weight is 213 g/mol. The number of benzene rings is 1. The molecule has 2 nitrogen and oxygen atoms in total. The van der Waals surface area contributed by atoms with Crippen LogP contribution in [0.1, 0.15) is 37.8 Å². The fraction of sp³-hybridized carbons (Fsp3) is 0.455. The maximum absolute atomic E-state index is 5.91. The molecule has 14 heavy (non-hydrogen) atoms. The number of unbranched alkanes of at least 4 members (excludes halogenated alkanes) is 1. The molecule has 0 aliphatic carbocycles. The Bertz CT molecular complexity index is 276. The molecule has 0 bridgehead atoms. The van der Waals surface area contributed by atoms with Crippen molar-refractivity contribution < 1.29 is 0 Å². The lowest BCUT2D eigenvalue weighted by Gasteiger charge is -2.15. The van der Waals surface area contributed by atoms with Crippen molar-refractivity contribution in [3.8, 4) is 0 Å². The third-order valence-corrected chi connectivity index (χ3v) is 2.53. The molecule has 0 amide bonds. The number of hydrazine groups is 1. The van der Waals surface area contributed by atoms with Gasteiger partial charge in [-0.15, -0.1) is 0 Å². The van der Waals surface area contributed by atoms with E-state index in [2.05, 4.69) is 12.3 Å². The van der Waals surface area contributed by atoms with Crippen LogP contribution in [0.5, 0.6) is 0 Å². The topological polar surface area (TPSA) is 38.0 Å². The molecule has 0 heterocycles. The minimum absolute atomic E-state index is 0.216. The van der Waals surface area contributed by atoms with E-state index in [-0.39, 0.29) is 6.04 Å². The van der Waals surface area contributed by atoms with E-state index in [1.54, 1.807) is 0 Å². The highest BCUT2D eigenvalue weighted by Crippen LogP contribution is 2.21. The van der Waals surface area contributed by atoms with E-state index >= 15 is 0 Å². The summed E-state index contributed by atoms with van der Waals surface area (Å²) in [6.07, 6.45) is 3.40. The summed E-state index contributed by atoms with van der Waals surface area (Å²) in [6, 6.07) is 8.05. The first kappa shape index (κ1) is 11.5. The van der Waals surface area contributed by atoms with E-state index in [1.807, 2.05) is 24.3 Å². The molecule has 0 saturated heterocycles. The Morgan fingerprint density at radius 1 is 1.50 bits per heavy atom. The summed E-state index contributed by atoms with van der Waals surface area (Å²) >= 11 is 5.91. The summed E-state index contributed by atoms with van der Waals surface area (Å²) in [5.41, 5.74) is 3.98. The van der Waals surface area contributed by atoms with E-state index in [4.69, 9.17) is 17.4 Å². The van der Waals surface area contributed by atoms with Crippen LogP contribution in [0.3, 0.4) is 0 Å². The quantitative estimate of drug-likeness (QED) is 0.582. The standard InChI is InChI=1S/C11H17ClN2/c1-2-3-7-11(14-13)9-5-4-6-10(12)8-9/h4-6,8,11,14H,2-3,7,13H2,1H3. The monoisotopic (exact) mass is 212 g/mol. The van der Waals surface area contributed by atoms with Crippen LogP contribution >= 0.6 is 11.6 Å². The van der Waals surface area contributed by atoms with E-state index < -0.39 is 0 Å². The molecule has 1 aromatic rings. The molecule has 78 valence electrons. The summed E-state index contributed by atoms with van der Waals surface area (Å²) in [6.45, 7) is 2.17. The van der Waals surface area contributed by atoms with Gasteiger partial charge in [-0.3, -0.25) is 11.3 Å². The lowest BCUT2D eigenvalue weighted by molar-refractivity contribution is 0.495. The summed E-state index contributed by atoms with van der Waals surface area (Å²) in [5.74, 6) is 5.50. The first-order valence-corrected chi connectivity index (χ1v) is 5.37. The van der Waals surface area contributed by atoms with E-state index in [0.29, 0.717) is 0 Å². The highest BCUT2D eigenvalue weighted by molar-refractivity contribution is 6.30. The molecule has 0 saturated carbocycles. The Hall–Kier alpha value is -0.570. The van der Waals surface area contributed by atoms with Crippen LogP contribution in [0.15, 0.2) is 24.3 Å². The molecule has 0 aromatic heterocycles. The van der Waals surface area contributed by atoms with Gasteiger partial charge in [-0.25, -0.2) is 0 Å². The van der Waals surface area contributed by atoms with Gasteiger partial charge >= 0.3 is 0 Å². The Morgan fingerprint density at radius 2 is 2.29 bits per heavy atom. The SMILES string of the molecule is CCCCC(NN)c1cccc(Cl)c1. The number of halogens is 1. The zero-order valence-electron chi connectivity index (χ0n) is 8.46. The van der Waals surface area contributed by atoms with Gasteiger partial charge in [0.1, 0.15) is 0 Å². The number of nitrogens with two attached hydrogens (primary N) is 1. The molecule has 0 aliphatic rings. The van der Waals surface area contributed by atoms with Gasteiger partial charge in [0.2, 0.25) is 0 Å². The molecule has 3 N–H and O–H groups in total. The number of hydrogen-bond donors (Lipinski definition) is 2. The van der Waals surface area contributed by atoms with Gasteiger partial charge in [-0.1, -0.05) is 43.5 Å². The average Bonchev–Trinajstić information content (AvgIpc) is 2.19. The molecular formula is C11H17ClN2. The van der Waals surface area contributed by atoms with Crippen molar-refractivity contribution >= 4 is 11.6 Å². The fourth-order valence-corrected chi connectivity index (χ4v) is 1.68. The number of rotatable bonds is 5. The summed E-state index contributed by atoms with van der Waals surface area (Å²) in [5, 5.41) is 0.763. The summed E-state index contributed by atoms with van der Waals surface area (Å²) in [4.78, 5) is 0. The Balaban J connectivity index is 2.68. The van der Waals surface area contributed by atoms with Crippen molar-refractivity contribution in [2.75, 3.05) is 0 Å². The van der Waals surface area contributed by atoms with Crippen LogP contribution in [-0.2, 0) is 0 Å². The van der Waals surface area contributed by atoms with Crippen LogP contribution in [0.4, 0.5) is 0 Å². The molecule has 1 rings (SSSR count). The van der Waals surface area contributed by atoms with Crippen molar-refractivity contribution in [2.24, 2.45) is 5.84 Å². The van der Waals surface area contributed by atoms with E-state index in [0.717, 1.165) is 17.0 Å². The van der Waals surface area contributed by atoms with E-state index in [9.17, 15) is 0 Å². The molecule has 1 aromatic carbocycles.